The summed E-state index contributed by atoms with van der Waals surface area (Å²) in [5.41, 5.74) is 2.69. The Kier molecular flexibility index (Phi) is 7.32. The first-order chi connectivity index (χ1) is 19.9. The van der Waals surface area contributed by atoms with E-state index in [0.717, 1.165) is 42.4 Å². The van der Waals surface area contributed by atoms with Gasteiger partial charge in [-0.3, -0.25) is 14.5 Å². The Hall–Kier alpha value is -4.44. The summed E-state index contributed by atoms with van der Waals surface area (Å²) in [7, 11) is 0. The van der Waals surface area contributed by atoms with Gasteiger partial charge in [0.15, 0.2) is 0 Å². The Morgan fingerprint density at radius 3 is 2.51 bits per heavy atom. The highest BCUT2D eigenvalue weighted by Gasteiger charge is 2.35. The van der Waals surface area contributed by atoms with E-state index < -0.39 is 0 Å². The fourth-order valence-corrected chi connectivity index (χ4v) is 6.59. The van der Waals surface area contributed by atoms with Crippen molar-refractivity contribution in [2.24, 2.45) is 0 Å². The molecule has 2 aliphatic rings. The van der Waals surface area contributed by atoms with E-state index in [-0.39, 0.29) is 29.9 Å². The molecule has 10 heteroatoms. The van der Waals surface area contributed by atoms with Crippen molar-refractivity contribution in [3.05, 3.63) is 71.2 Å². The lowest BCUT2D eigenvalue weighted by molar-refractivity contribution is -0.121. The quantitative estimate of drug-likeness (QED) is 0.231. The molecule has 0 bridgehead atoms. The van der Waals surface area contributed by atoms with Crippen molar-refractivity contribution in [1.82, 2.24) is 15.6 Å². The standard InChI is InChI=1S/C31H31N5O4S/c1-3-25(37)33-21-11-7-8-12-22(21)34-29(38)28-27-26-24(15-16-32-30(26)41-28)36(31(39)35-27)23-14-13-20(17-18(23)2)40-19-9-5-4-6-10-19/h4-6,9-10,13-17,21-22H,3,7-8,11-12H2,1-2H3,(H,33,37)(H,34,38)(H,35,39)/t21-,22-/m1/s1. The fourth-order valence-electron chi connectivity index (χ4n) is 5.57. The topological polar surface area (TPSA) is 113 Å². The van der Waals surface area contributed by atoms with Crippen LogP contribution in [0.1, 0.15) is 54.3 Å². The zero-order valence-corrected chi connectivity index (χ0v) is 23.7. The van der Waals surface area contributed by atoms with Crippen molar-refractivity contribution >= 4 is 56.5 Å². The van der Waals surface area contributed by atoms with Crippen LogP contribution in [0.3, 0.4) is 0 Å². The summed E-state index contributed by atoms with van der Waals surface area (Å²) in [6, 6.07) is 16.3. The highest BCUT2D eigenvalue weighted by Crippen LogP contribution is 2.46. The second kappa shape index (κ2) is 11.2. The Morgan fingerprint density at radius 2 is 1.78 bits per heavy atom. The number of aromatic nitrogens is 1. The van der Waals surface area contributed by atoms with Crippen molar-refractivity contribution < 1.29 is 19.1 Å². The van der Waals surface area contributed by atoms with Gasteiger partial charge in [-0.1, -0.05) is 38.0 Å². The lowest BCUT2D eigenvalue weighted by atomic mass is 9.90. The average Bonchev–Trinajstić information content (AvgIpc) is 3.35. The second-order valence-electron chi connectivity index (χ2n) is 10.3. The zero-order valence-electron chi connectivity index (χ0n) is 22.9. The summed E-state index contributed by atoms with van der Waals surface area (Å²) in [6.45, 7) is 3.75. The molecule has 4 amide bonds. The van der Waals surface area contributed by atoms with E-state index >= 15 is 0 Å². The van der Waals surface area contributed by atoms with Crippen LogP contribution in [0.4, 0.5) is 21.9 Å². The predicted molar refractivity (Wildman–Crippen MR) is 160 cm³/mol. The van der Waals surface area contributed by atoms with Crippen molar-refractivity contribution in [2.45, 2.75) is 58.0 Å². The van der Waals surface area contributed by atoms with E-state index in [2.05, 4.69) is 20.9 Å². The van der Waals surface area contributed by atoms with E-state index in [9.17, 15) is 14.4 Å². The first-order valence-corrected chi connectivity index (χ1v) is 14.7. The lowest BCUT2D eigenvalue weighted by Gasteiger charge is -2.33. The summed E-state index contributed by atoms with van der Waals surface area (Å²) in [6.07, 6.45) is 5.65. The van der Waals surface area contributed by atoms with Gasteiger partial charge in [0, 0.05) is 24.7 Å². The van der Waals surface area contributed by atoms with Crippen LogP contribution in [-0.4, -0.2) is 34.9 Å². The molecule has 1 aliphatic heterocycles. The number of rotatable bonds is 7. The highest BCUT2D eigenvalue weighted by atomic mass is 32.1. The van der Waals surface area contributed by atoms with Gasteiger partial charge in [0.2, 0.25) is 5.91 Å². The van der Waals surface area contributed by atoms with Gasteiger partial charge in [0.1, 0.15) is 21.2 Å². The molecule has 1 saturated carbocycles. The van der Waals surface area contributed by atoms with E-state index in [1.807, 2.05) is 62.4 Å². The van der Waals surface area contributed by atoms with Crippen LogP contribution in [0.5, 0.6) is 11.5 Å². The van der Waals surface area contributed by atoms with Crippen LogP contribution >= 0.6 is 11.3 Å². The van der Waals surface area contributed by atoms with E-state index in [1.54, 1.807) is 17.2 Å². The Balaban J connectivity index is 1.30. The minimum Gasteiger partial charge on any atom is -0.457 e. The Labute approximate surface area is 241 Å². The molecule has 9 nitrogen and oxygen atoms in total. The van der Waals surface area contributed by atoms with Crippen molar-refractivity contribution in [3.63, 3.8) is 0 Å². The van der Waals surface area contributed by atoms with Gasteiger partial charge in [-0.25, -0.2) is 9.78 Å². The Bertz CT molecular complexity index is 1640. The number of benzene rings is 2. The number of para-hydroxylation sites is 1. The molecule has 0 radical (unpaired) electrons. The maximum Gasteiger partial charge on any atom is 0.331 e. The zero-order chi connectivity index (χ0) is 28.5. The minimum absolute atomic E-state index is 0.0238. The van der Waals surface area contributed by atoms with Crippen LogP contribution in [0.25, 0.3) is 10.2 Å². The van der Waals surface area contributed by atoms with Crippen molar-refractivity contribution in [2.75, 3.05) is 10.2 Å². The molecule has 2 aromatic carbocycles. The van der Waals surface area contributed by atoms with Gasteiger partial charge >= 0.3 is 6.03 Å². The molecule has 3 N–H and O–H groups in total. The number of ether oxygens (including phenoxy) is 1. The maximum atomic E-state index is 13.6. The first-order valence-electron chi connectivity index (χ1n) is 13.9. The minimum atomic E-state index is -0.358. The molecule has 0 spiro atoms. The molecule has 0 unspecified atom stereocenters. The number of hydrogen-bond acceptors (Lipinski definition) is 6. The molecule has 6 rings (SSSR count). The SMILES string of the molecule is CCC(=O)N[C@@H]1CCCC[C@H]1NC(=O)c1sc2nccc3c2c1NC(=O)N3c1ccc(Oc2ccccc2)cc1C. The van der Waals surface area contributed by atoms with Gasteiger partial charge in [-0.05, 0) is 61.7 Å². The van der Waals surface area contributed by atoms with Crippen LogP contribution in [0.2, 0.25) is 0 Å². The number of nitrogens with zero attached hydrogens (tertiary/aromatic N) is 2. The normalized spacial score (nSPS) is 18.1. The number of aryl methyl sites for hydroxylation is 1. The molecule has 1 fully saturated rings. The van der Waals surface area contributed by atoms with Crippen LogP contribution in [-0.2, 0) is 4.79 Å². The third kappa shape index (κ3) is 5.22. The number of carbonyl (C=O) groups is 3. The highest BCUT2D eigenvalue weighted by molar-refractivity contribution is 7.21. The van der Waals surface area contributed by atoms with Crippen LogP contribution < -0.4 is 25.6 Å². The van der Waals surface area contributed by atoms with Crippen molar-refractivity contribution in [3.8, 4) is 11.5 Å². The largest absolute Gasteiger partial charge is 0.457 e. The van der Waals surface area contributed by atoms with Gasteiger partial charge in [-0.2, -0.15) is 0 Å². The van der Waals surface area contributed by atoms with Gasteiger partial charge in [0.05, 0.1) is 22.4 Å². The fraction of sp³-hybridized carbons (Fsp3) is 0.290. The second-order valence-corrected chi connectivity index (χ2v) is 11.3. The average molecular weight is 570 g/mol. The smallest absolute Gasteiger partial charge is 0.331 e. The van der Waals surface area contributed by atoms with Gasteiger partial charge < -0.3 is 20.7 Å². The van der Waals surface area contributed by atoms with E-state index in [0.29, 0.717) is 38.9 Å². The van der Waals surface area contributed by atoms with Gasteiger partial charge in [0.25, 0.3) is 5.91 Å². The van der Waals surface area contributed by atoms with Crippen LogP contribution in [0.15, 0.2) is 60.8 Å². The molecule has 2 atom stereocenters. The monoisotopic (exact) mass is 569 g/mol. The predicted octanol–water partition coefficient (Wildman–Crippen LogP) is 6.65. The molecule has 210 valence electrons. The lowest BCUT2D eigenvalue weighted by Crippen LogP contribution is -2.53. The number of thiophene rings is 1. The van der Waals surface area contributed by atoms with E-state index in [4.69, 9.17) is 4.74 Å². The summed E-state index contributed by atoms with van der Waals surface area (Å²) < 4.78 is 5.97. The summed E-state index contributed by atoms with van der Waals surface area (Å²) in [5, 5.41) is 9.89. The molecule has 3 heterocycles. The summed E-state index contributed by atoms with van der Waals surface area (Å²) in [5.74, 6) is 1.10. The number of urea groups is 1. The third-order valence-corrected chi connectivity index (χ3v) is 8.69. The van der Waals surface area contributed by atoms with E-state index in [1.165, 1.54) is 11.3 Å². The first kappa shape index (κ1) is 26.8. The van der Waals surface area contributed by atoms with Crippen molar-refractivity contribution in [1.29, 1.82) is 0 Å². The number of pyridine rings is 1. The number of amides is 4. The molecular weight excluding hydrogens is 538 g/mol. The maximum absolute atomic E-state index is 13.6. The molecule has 41 heavy (non-hydrogen) atoms. The number of hydrogen-bond donors (Lipinski definition) is 3. The summed E-state index contributed by atoms with van der Waals surface area (Å²) >= 11 is 1.25. The van der Waals surface area contributed by atoms with Gasteiger partial charge in [-0.15, -0.1) is 11.3 Å². The number of nitrogens with one attached hydrogen (secondary N) is 3. The molecule has 1 aliphatic carbocycles. The molecule has 2 aromatic heterocycles. The molecule has 0 saturated heterocycles. The summed E-state index contributed by atoms with van der Waals surface area (Å²) in [4.78, 5) is 46.4. The number of anilines is 3. The van der Waals surface area contributed by atoms with Crippen LogP contribution in [0, 0.1) is 6.92 Å². The Morgan fingerprint density at radius 1 is 1.02 bits per heavy atom. The molecular formula is C31H31N5O4S. The number of carbonyl (C=O) groups excluding carboxylic acids is 3. The molecule has 4 aromatic rings. The third-order valence-electron chi connectivity index (χ3n) is 7.59.